The summed E-state index contributed by atoms with van der Waals surface area (Å²) in [5.74, 6) is 0.739. The molecule has 0 amide bonds. The molecule has 3 aromatic rings. The molecular formula is C31H47N3O4S. The van der Waals surface area contributed by atoms with Crippen molar-refractivity contribution in [3.8, 4) is 11.4 Å². The first-order chi connectivity index (χ1) is 18.9. The van der Waals surface area contributed by atoms with E-state index < -0.39 is 10.1 Å². The van der Waals surface area contributed by atoms with E-state index in [-0.39, 0.29) is 4.90 Å². The Hall–Kier alpha value is -2.42. The molecule has 0 unspecified atom stereocenters. The summed E-state index contributed by atoms with van der Waals surface area (Å²) in [5, 5.41) is 9.13. The van der Waals surface area contributed by atoms with E-state index in [0.717, 1.165) is 36.3 Å². The highest BCUT2D eigenvalue weighted by Gasteiger charge is 2.16. The Morgan fingerprint density at radius 1 is 0.744 bits per heavy atom. The van der Waals surface area contributed by atoms with Gasteiger partial charge in [0.2, 0.25) is 0 Å². The first-order valence-corrected chi connectivity index (χ1v) is 16.4. The fourth-order valence-electron chi connectivity index (χ4n) is 5.23. The highest BCUT2D eigenvalue weighted by molar-refractivity contribution is 7.85. The van der Waals surface area contributed by atoms with E-state index in [4.69, 9.17) is 10.2 Å². The van der Waals surface area contributed by atoms with E-state index in [1.54, 1.807) is 18.2 Å². The van der Waals surface area contributed by atoms with Crippen molar-refractivity contribution < 1.29 is 18.2 Å². The molecule has 0 radical (unpaired) electrons. The normalized spacial score (nSPS) is 11.9. The molecule has 3 rings (SSSR count). The summed E-state index contributed by atoms with van der Waals surface area (Å²) in [6.45, 7) is 3.04. The lowest BCUT2D eigenvalue weighted by atomic mass is 10.0. The van der Waals surface area contributed by atoms with Crippen LogP contribution < -0.4 is 5.48 Å². The lowest BCUT2D eigenvalue weighted by Crippen LogP contribution is -2.02. The Morgan fingerprint density at radius 2 is 1.26 bits per heavy atom. The summed E-state index contributed by atoms with van der Waals surface area (Å²) >= 11 is 0. The van der Waals surface area contributed by atoms with Crippen LogP contribution in [0, 0.1) is 0 Å². The molecule has 0 aliphatic carbocycles. The monoisotopic (exact) mass is 557 g/mol. The molecule has 3 N–H and O–H groups in total. The van der Waals surface area contributed by atoms with Crippen LogP contribution in [0.15, 0.2) is 47.4 Å². The third-order valence-electron chi connectivity index (χ3n) is 7.53. The lowest BCUT2D eigenvalue weighted by Gasteiger charge is -2.10. The third-order valence-corrected chi connectivity index (χ3v) is 8.37. The summed E-state index contributed by atoms with van der Waals surface area (Å²) in [7, 11) is -4.30. The van der Waals surface area contributed by atoms with E-state index in [0.29, 0.717) is 11.2 Å². The number of hydrogen-bond donors (Lipinski definition) is 3. The number of hydrogen-bond acceptors (Lipinski definition) is 5. The maximum atomic E-state index is 11.6. The van der Waals surface area contributed by atoms with Crippen LogP contribution >= 0.6 is 0 Å². The van der Waals surface area contributed by atoms with E-state index >= 15 is 0 Å². The average Bonchev–Trinajstić information content (AvgIpc) is 3.30. The molecular weight excluding hydrogens is 510 g/mol. The molecule has 39 heavy (non-hydrogen) atoms. The van der Waals surface area contributed by atoms with E-state index in [9.17, 15) is 13.0 Å². The zero-order valence-corrected chi connectivity index (χ0v) is 24.4. The summed E-state index contributed by atoms with van der Waals surface area (Å²) in [6.07, 6.45) is 21.1. The van der Waals surface area contributed by atoms with Crippen molar-refractivity contribution in [3.63, 3.8) is 0 Å². The highest BCUT2D eigenvalue weighted by atomic mass is 32.2. The lowest BCUT2D eigenvalue weighted by molar-refractivity contribution is 0.389. The minimum atomic E-state index is -4.30. The van der Waals surface area contributed by atoms with Gasteiger partial charge in [0.15, 0.2) is 0 Å². The van der Waals surface area contributed by atoms with Gasteiger partial charge in [-0.1, -0.05) is 103 Å². The van der Waals surface area contributed by atoms with Crippen molar-refractivity contribution in [1.29, 1.82) is 0 Å². The Balaban J connectivity index is 1.43. The predicted octanol–water partition coefficient (Wildman–Crippen LogP) is 9.01. The number of aryl methyl sites for hydroxylation is 1. The number of aromatic nitrogens is 2. The average molecular weight is 558 g/mol. The molecule has 0 atom stereocenters. The molecule has 1 aromatic heterocycles. The van der Waals surface area contributed by atoms with Crippen molar-refractivity contribution in [1.82, 2.24) is 9.55 Å². The second-order valence-electron chi connectivity index (χ2n) is 10.7. The number of rotatable bonds is 20. The van der Waals surface area contributed by atoms with Crippen molar-refractivity contribution in [2.24, 2.45) is 0 Å². The second-order valence-corrected chi connectivity index (χ2v) is 12.1. The van der Waals surface area contributed by atoms with Gasteiger partial charge in [0.1, 0.15) is 5.82 Å². The van der Waals surface area contributed by atoms with Gasteiger partial charge in [-0.05, 0) is 48.9 Å². The molecule has 0 spiro atoms. The second kappa shape index (κ2) is 16.6. The standard InChI is InChI=1S/C31H47N3O4S/c1-2-3-4-5-6-7-8-9-10-11-12-13-14-15-16-17-24-34-30-23-22-28(39(36,37)38)25-29(30)32-31(34)26-18-20-27(33-35)21-19-26/h18-23,25,33,35H,2-17,24H2,1H3,(H,36,37,38). The van der Waals surface area contributed by atoms with Crippen LogP contribution in [0.1, 0.15) is 110 Å². The zero-order chi connectivity index (χ0) is 27.9. The van der Waals surface area contributed by atoms with E-state index in [1.807, 2.05) is 12.1 Å². The first kappa shape index (κ1) is 31.1. The number of unbranched alkanes of at least 4 members (excludes halogenated alkanes) is 15. The minimum absolute atomic E-state index is 0.159. The molecule has 8 heteroatoms. The molecule has 0 fully saturated rings. The maximum absolute atomic E-state index is 11.6. The summed E-state index contributed by atoms with van der Waals surface area (Å²) in [6, 6.07) is 11.8. The topological polar surface area (TPSA) is 104 Å². The van der Waals surface area contributed by atoms with Crippen LogP contribution in [-0.2, 0) is 16.7 Å². The molecule has 7 nitrogen and oxygen atoms in total. The Labute approximate surface area is 234 Å². The van der Waals surface area contributed by atoms with Crippen molar-refractivity contribution in [2.45, 2.75) is 121 Å². The van der Waals surface area contributed by atoms with Crippen molar-refractivity contribution >= 4 is 26.8 Å². The van der Waals surface area contributed by atoms with Crippen molar-refractivity contribution in [2.75, 3.05) is 5.48 Å². The van der Waals surface area contributed by atoms with E-state index in [2.05, 4.69) is 17.0 Å². The summed E-state index contributed by atoms with van der Waals surface area (Å²) in [4.78, 5) is 4.55. The molecule has 0 aliphatic rings. The largest absolute Gasteiger partial charge is 0.324 e. The van der Waals surface area contributed by atoms with Crippen LogP contribution in [0.3, 0.4) is 0 Å². The number of benzene rings is 2. The number of anilines is 1. The van der Waals surface area contributed by atoms with Gasteiger partial charge >= 0.3 is 0 Å². The molecule has 0 saturated heterocycles. The SMILES string of the molecule is CCCCCCCCCCCCCCCCCCn1c(-c2ccc(NO)cc2)nc2cc(S(=O)(=O)O)ccc21. The molecule has 0 aliphatic heterocycles. The fraction of sp³-hybridized carbons (Fsp3) is 0.581. The molecule has 0 saturated carbocycles. The van der Waals surface area contributed by atoms with Gasteiger partial charge < -0.3 is 4.57 Å². The van der Waals surface area contributed by atoms with Crippen LogP contribution in [-0.4, -0.2) is 27.7 Å². The van der Waals surface area contributed by atoms with Crippen LogP contribution in [0.2, 0.25) is 0 Å². The first-order valence-electron chi connectivity index (χ1n) is 14.9. The minimum Gasteiger partial charge on any atom is -0.324 e. The van der Waals surface area contributed by atoms with Gasteiger partial charge in [0.25, 0.3) is 10.1 Å². The zero-order valence-electron chi connectivity index (χ0n) is 23.6. The van der Waals surface area contributed by atoms with Gasteiger partial charge in [0, 0.05) is 12.1 Å². The number of nitrogens with zero attached hydrogens (tertiary/aromatic N) is 2. The Kier molecular flexibility index (Phi) is 13.3. The highest BCUT2D eigenvalue weighted by Crippen LogP contribution is 2.28. The van der Waals surface area contributed by atoms with Crippen molar-refractivity contribution in [3.05, 3.63) is 42.5 Å². The molecule has 0 bridgehead atoms. The molecule has 2 aromatic carbocycles. The van der Waals surface area contributed by atoms with Gasteiger partial charge in [-0.2, -0.15) is 8.42 Å². The van der Waals surface area contributed by atoms with Gasteiger partial charge in [-0.3, -0.25) is 15.2 Å². The fourth-order valence-corrected chi connectivity index (χ4v) is 5.73. The third kappa shape index (κ3) is 10.2. The Morgan fingerprint density at radius 3 is 1.74 bits per heavy atom. The van der Waals surface area contributed by atoms with Gasteiger partial charge in [0.05, 0.1) is 21.6 Å². The van der Waals surface area contributed by atoms with Crippen LogP contribution in [0.25, 0.3) is 22.4 Å². The summed E-state index contributed by atoms with van der Waals surface area (Å²) < 4.78 is 34.9. The molecule has 1 heterocycles. The quantitative estimate of drug-likeness (QED) is 0.0727. The predicted molar refractivity (Wildman–Crippen MR) is 160 cm³/mol. The van der Waals surface area contributed by atoms with Gasteiger partial charge in [-0.25, -0.2) is 4.98 Å². The molecule has 216 valence electrons. The number of fused-ring (bicyclic) bond motifs is 1. The summed E-state index contributed by atoms with van der Waals surface area (Å²) in [5.41, 5.74) is 4.95. The van der Waals surface area contributed by atoms with Crippen LogP contribution in [0.5, 0.6) is 0 Å². The van der Waals surface area contributed by atoms with Gasteiger partial charge in [-0.15, -0.1) is 0 Å². The van der Waals surface area contributed by atoms with Crippen LogP contribution in [0.4, 0.5) is 5.69 Å². The smallest absolute Gasteiger partial charge is 0.294 e. The Bertz CT molecular complexity index is 1220. The van der Waals surface area contributed by atoms with E-state index in [1.165, 1.54) is 102 Å². The number of nitrogens with one attached hydrogen (secondary N) is 1. The maximum Gasteiger partial charge on any atom is 0.294 e. The number of imidazole rings is 1.